The summed E-state index contributed by atoms with van der Waals surface area (Å²) in [5.41, 5.74) is 5.51. The van der Waals surface area contributed by atoms with E-state index in [2.05, 4.69) is 12.3 Å². The van der Waals surface area contributed by atoms with Crippen molar-refractivity contribution in [2.75, 3.05) is 18.1 Å². The van der Waals surface area contributed by atoms with Crippen molar-refractivity contribution in [3.8, 4) is 0 Å². The first-order chi connectivity index (χ1) is 15.1. The van der Waals surface area contributed by atoms with Crippen LogP contribution in [0.3, 0.4) is 0 Å². The molecular weight excluding hydrogens is 431 g/mol. The van der Waals surface area contributed by atoms with Gasteiger partial charge < -0.3 is 0 Å². The van der Waals surface area contributed by atoms with Crippen LogP contribution in [-0.2, 0) is 4.79 Å². The van der Waals surface area contributed by atoms with Gasteiger partial charge in [0.15, 0.2) is 0 Å². The number of rotatable bonds is 5. The molecule has 5 nitrogen and oxygen atoms in total. The van der Waals surface area contributed by atoms with Gasteiger partial charge in [-0.3, -0.25) is 15.2 Å². The second-order valence-electron chi connectivity index (χ2n) is 8.13. The van der Waals surface area contributed by atoms with Gasteiger partial charge in [0.1, 0.15) is 5.71 Å². The Morgan fingerprint density at radius 2 is 1.71 bits per heavy atom. The summed E-state index contributed by atoms with van der Waals surface area (Å²) in [6.45, 7) is 3.85. The lowest BCUT2D eigenvalue weighted by atomic mass is 9.87. The fourth-order valence-corrected chi connectivity index (χ4v) is 4.81. The van der Waals surface area contributed by atoms with E-state index in [0.29, 0.717) is 15.8 Å². The highest BCUT2D eigenvalue weighted by Gasteiger charge is 2.41. The van der Waals surface area contributed by atoms with Gasteiger partial charge >= 0.3 is 0 Å². The normalized spacial score (nSPS) is 22.2. The van der Waals surface area contributed by atoms with Crippen LogP contribution < -0.4 is 10.4 Å². The van der Waals surface area contributed by atoms with Crippen molar-refractivity contribution in [1.29, 1.82) is 0 Å². The van der Waals surface area contributed by atoms with E-state index in [4.69, 9.17) is 28.3 Å². The highest BCUT2D eigenvalue weighted by Crippen LogP contribution is 2.43. The Kier molecular flexibility index (Phi) is 7.16. The van der Waals surface area contributed by atoms with Crippen molar-refractivity contribution in [1.82, 2.24) is 10.4 Å². The smallest absolute Gasteiger partial charge is 0.282 e. The molecule has 1 amide bonds. The Bertz CT molecular complexity index is 939. The largest absolute Gasteiger partial charge is 0.284 e. The number of carbonyl (C=O) groups is 1. The molecule has 0 unspecified atom stereocenters. The minimum atomic E-state index is -0.132. The maximum atomic E-state index is 13.3. The number of hydrazone groups is 1. The molecule has 7 heteroatoms. The number of amides is 1. The predicted octanol–water partition coefficient (Wildman–Crippen LogP) is 5.84. The zero-order valence-corrected chi connectivity index (χ0v) is 19.2. The summed E-state index contributed by atoms with van der Waals surface area (Å²) in [5.74, 6) is -0.188. The van der Waals surface area contributed by atoms with E-state index in [1.54, 1.807) is 0 Å². The summed E-state index contributed by atoms with van der Waals surface area (Å²) in [7, 11) is 0. The third kappa shape index (κ3) is 4.89. The molecule has 4 rings (SSSR count). The summed E-state index contributed by atoms with van der Waals surface area (Å²) in [6.07, 6.45) is 5.40. The summed E-state index contributed by atoms with van der Waals surface area (Å²) in [6, 6.07) is 15.3. The minimum Gasteiger partial charge on any atom is -0.284 e. The van der Waals surface area contributed by atoms with E-state index in [-0.39, 0.29) is 17.9 Å². The molecule has 1 saturated heterocycles. The maximum absolute atomic E-state index is 13.3. The highest BCUT2D eigenvalue weighted by molar-refractivity contribution is 6.40. The second-order valence-corrected chi connectivity index (χ2v) is 8.98. The zero-order valence-electron chi connectivity index (χ0n) is 17.7. The molecule has 2 aromatic carbocycles. The van der Waals surface area contributed by atoms with Crippen molar-refractivity contribution >= 4 is 40.5 Å². The van der Waals surface area contributed by atoms with E-state index in [9.17, 15) is 4.79 Å². The number of hydrogen-bond donors (Lipinski definition) is 1. The van der Waals surface area contributed by atoms with Crippen LogP contribution in [0.1, 0.15) is 50.6 Å². The highest BCUT2D eigenvalue weighted by atomic mass is 35.5. The van der Waals surface area contributed by atoms with Gasteiger partial charge in [-0.05, 0) is 49.1 Å². The standard InChI is InChI=1S/C24H28Cl2N4O/c1-2-19-22(24(31)28-29-15-7-3-4-8-16-29)27-30(21-10-6-5-9-20(21)26)23(19)17-11-13-18(25)14-12-17/h5-6,9-14,19,23H,2-4,7-8,15-16H2,1H3,(H,28,31)/t19-,23-/m0/s1. The number of anilines is 1. The van der Waals surface area contributed by atoms with Crippen LogP contribution in [0, 0.1) is 5.92 Å². The summed E-state index contributed by atoms with van der Waals surface area (Å²) < 4.78 is 0. The Morgan fingerprint density at radius 3 is 2.35 bits per heavy atom. The molecule has 2 aliphatic rings. The van der Waals surface area contributed by atoms with Crippen LogP contribution in [-0.4, -0.2) is 29.7 Å². The molecule has 1 N–H and O–H groups in total. The number of carbonyl (C=O) groups excluding carboxylic acids is 1. The average molecular weight is 459 g/mol. The van der Waals surface area contributed by atoms with Crippen LogP contribution in [0.25, 0.3) is 0 Å². The fourth-order valence-electron chi connectivity index (χ4n) is 4.46. The molecule has 164 valence electrons. The number of benzene rings is 2. The summed E-state index contributed by atoms with van der Waals surface area (Å²) in [4.78, 5) is 13.3. The Balaban J connectivity index is 1.68. The molecule has 31 heavy (non-hydrogen) atoms. The van der Waals surface area contributed by atoms with E-state index in [0.717, 1.165) is 43.6 Å². The van der Waals surface area contributed by atoms with Crippen LogP contribution in [0.15, 0.2) is 53.6 Å². The minimum absolute atomic E-state index is 0.0653. The van der Waals surface area contributed by atoms with Gasteiger partial charge in [0, 0.05) is 24.0 Å². The predicted molar refractivity (Wildman–Crippen MR) is 128 cm³/mol. The third-order valence-corrected chi connectivity index (χ3v) is 6.63. The van der Waals surface area contributed by atoms with Crippen molar-refractivity contribution in [2.45, 2.75) is 45.1 Å². The summed E-state index contributed by atoms with van der Waals surface area (Å²) >= 11 is 12.7. The van der Waals surface area contributed by atoms with Gasteiger partial charge in [0.05, 0.1) is 16.8 Å². The molecule has 0 aromatic heterocycles. The molecule has 0 radical (unpaired) electrons. The Hall–Kier alpha value is -2.08. The van der Waals surface area contributed by atoms with Gasteiger partial charge in [0.2, 0.25) is 0 Å². The van der Waals surface area contributed by atoms with Gasteiger partial charge in [-0.2, -0.15) is 5.10 Å². The number of para-hydroxylation sites is 1. The number of nitrogens with zero attached hydrogens (tertiary/aromatic N) is 3. The second kappa shape index (κ2) is 10.0. The van der Waals surface area contributed by atoms with Gasteiger partial charge in [-0.1, -0.05) is 67.2 Å². The lowest BCUT2D eigenvalue weighted by molar-refractivity contribution is -0.119. The molecule has 2 heterocycles. The van der Waals surface area contributed by atoms with Crippen molar-refractivity contribution in [2.24, 2.45) is 11.0 Å². The molecular formula is C24H28Cl2N4O. The van der Waals surface area contributed by atoms with Crippen molar-refractivity contribution in [3.63, 3.8) is 0 Å². The maximum Gasteiger partial charge on any atom is 0.282 e. The number of hydrogen-bond acceptors (Lipinski definition) is 4. The molecule has 0 aliphatic carbocycles. The van der Waals surface area contributed by atoms with Crippen molar-refractivity contribution in [3.05, 3.63) is 64.1 Å². The van der Waals surface area contributed by atoms with Crippen molar-refractivity contribution < 1.29 is 4.79 Å². The zero-order chi connectivity index (χ0) is 21.8. The van der Waals surface area contributed by atoms with Crippen LogP contribution >= 0.6 is 23.2 Å². The Labute approximate surface area is 194 Å². The van der Waals surface area contributed by atoms with Crippen LogP contribution in [0.2, 0.25) is 10.0 Å². The molecule has 0 bridgehead atoms. The van der Waals surface area contributed by atoms with Crippen LogP contribution in [0.4, 0.5) is 5.69 Å². The molecule has 0 spiro atoms. The topological polar surface area (TPSA) is 47.9 Å². The first kappa shape index (κ1) is 22.1. The van der Waals surface area contributed by atoms with E-state index < -0.39 is 0 Å². The quantitative estimate of drug-likeness (QED) is 0.611. The first-order valence-corrected chi connectivity index (χ1v) is 11.8. The lowest BCUT2D eigenvalue weighted by Gasteiger charge is -2.29. The van der Waals surface area contributed by atoms with E-state index >= 15 is 0 Å². The fraction of sp³-hybridized carbons (Fsp3) is 0.417. The molecule has 0 saturated carbocycles. The first-order valence-electron chi connectivity index (χ1n) is 11.0. The van der Waals surface area contributed by atoms with Crippen LogP contribution in [0.5, 0.6) is 0 Å². The third-order valence-electron chi connectivity index (χ3n) is 6.06. The molecule has 1 fully saturated rings. The van der Waals surface area contributed by atoms with Gasteiger partial charge in [-0.25, -0.2) is 5.01 Å². The molecule has 2 aliphatic heterocycles. The SMILES string of the molecule is CC[C@H]1C(C(=O)NN2CCCCCC2)=NN(c2ccccc2Cl)[C@H]1c1ccc(Cl)cc1. The number of hydrazine groups is 1. The van der Waals surface area contributed by atoms with Gasteiger partial charge in [-0.15, -0.1) is 0 Å². The lowest BCUT2D eigenvalue weighted by Crippen LogP contribution is -2.47. The Morgan fingerprint density at radius 1 is 1.03 bits per heavy atom. The number of nitrogens with one attached hydrogen (secondary N) is 1. The van der Waals surface area contributed by atoms with E-state index in [1.165, 1.54) is 12.8 Å². The summed E-state index contributed by atoms with van der Waals surface area (Å²) in [5, 5.41) is 10.1. The molecule has 2 aromatic rings. The van der Waals surface area contributed by atoms with E-state index in [1.807, 2.05) is 58.5 Å². The average Bonchev–Trinajstić information content (AvgIpc) is 2.97. The van der Waals surface area contributed by atoms with Gasteiger partial charge in [0.25, 0.3) is 5.91 Å². The monoisotopic (exact) mass is 458 g/mol. The molecule has 2 atom stereocenters. The number of halogens is 2.